The number of fused-ring (bicyclic) bond motifs is 3. The van der Waals surface area contributed by atoms with Gasteiger partial charge in [0, 0.05) is 40.2 Å². The first kappa shape index (κ1) is 35.0. The largest absolute Gasteiger partial charge is 0.439 e. The minimum absolute atomic E-state index is 0.0145. The second-order valence-corrected chi connectivity index (χ2v) is 16.6. The number of H-pyrrole nitrogens is 1. The molecule has 6 heteroatoms. The fourth-order valence-corrected chi connectivity index (χ4v) is 7.66. The van der Waals surface area contributed by atoms with Gasteiger partial charge < -0.3 is 4.74 Å². The van der Waals surface area contributed by atoms with E-state index in [0.717, 1.165) is 61.6 Å². The predicted molar refractivity (Wildman–Crippen MR) is 223 cm³/mol. The molecule has 0 atom stereocenters. The Labute approximate surface area is 317 Å². The van der Waals surface area contributed by atoms with Crippen molar-refractivity contribution in [2.45, 2.75) is 73.1 Å². The van der Waals surface area contributed by atoms with Gasteiger partial charge in [-0.25, -0.2) is 9.97 Å². The average molecular weight is 710 g/mol. The van der Waals surface area contributed by atoms with Gasteiger partial charge in [0.05, 0.1) is 22.4 Å². The molecule has 0 saturated carbocycles. The van der Waals surface area contributed by atoms with Crippen LogP contribution in [0, 0.1) is 20.8 Å². The predicted octanol–water partition coefficient (Wildman–Crippen LogP) is 12.6. The van der Waals surface area contributed by atoms with Crippen LogP contribution in [0.1, 0.15) is 69.4 Å². The zero-order valence-corrected chi connectivity index (χ0v) is 32.7. The Balaban J connectivity index is 1.30. The van der Waals surface area contributed by atoms with Crippen LogP contribution in [0.25, 0.3) is 61.4 Å². The van der Waals surface area contributed by atoms with E-state index in [4.69, 9.17) is 19.8 Å². The van der Waals surface area contributed by atoms with Gasteiger partial charge in [-0.3, -0.25) is 9.67 Å². The fourth-order valence-electron chi connectivity index (χ4n) is 7.66. The Morgan fingerprint density at radius 3 is 2.04 bits per heavy atom. The lowest BCUT2D eigenvalue weighted by atomic mass is 9.86. The summed E-state index contributed by atoms with van der Waals surface area (Å²) in [7, 11) is 0. The highest BCUT2D eigenvalue weighted by atomic mass is 16.5. The van der Waals surface area contributed by atoms with Crippen LogP contribution in [-0.4, -0.2) is 24.7 Å². The van der Waals surface area contributed by atoms with Crippen molar-refractivity contribution in [3.63, 3.8) is 0 Å². The number of pyridine rings is 2. The van der Waals surface area contributed by atoms with Crippen molar-refractivity contribution in [1.82, 2.24) is 24.7 Å². The van der Waals surface area contributed by atoms with E-state index in [9.17, 15) is 0 Å². The number of aryl methyl sites for hydroxylation is 3. The highest BCUT2D eigenvalue weighted by Gasteiger charge is 2.25. The zero-order chi connectivity index (χ0) is 37.9. The molecule has 0 unspecified atom stereocenters. The first-order valence-electron chi connectivity index (χ1n) is 18.7. The summed E-state index contributed by atoms with van der Waals surface area (Å²) >= 11 is 0. The quantitative estimate of drug-likeness (QED) is 0.187. The van der Waals surface area contributed by atoms with E-state index in [2.05, 4.69) is 169 Å². The van der Waals surface area contributed by atoms with Crippen molar-refractivity contribution >= 4 is 21.8 Å². The van der Waals surface area contributed by atoms with Crippen LogP contribution in [0.3, 0.4) is 0 Å². The minimum Gasteiger partial charge on any atom is -0.439 e. The monoisotopic (exact) mass is 709 g/mol. The van der Waals surface area contributed by atoms with E-state index in [1.54, 1.807) is 0 Å². The third-order valence-electron chi connectivity index (χ3n) is 10.4. The van der Waals surface area contributed by atoms with Gasteiger partial charge in [0.25, 0.3) is 0 Å². The van der Waals surface area contributed by atoms with Crippen LogP contribution in [0.4, 0.5) is 0 Å². The Hall–Kier alpha value is -6.01. The number of benzene rings is 4. The Bertz CT molecular complexity index is 2660. The molecule has 54 heavy (non-hydrogen) atoms. The Kier molecular flexibility index (Phi) is 8.52. The second-order valence-electron chi connectivity index (χ2n) is 16.6. The van der Waals surface area contributed by atoms with Gasteiger partial charge in [-0.1, -0.05) is 108 Å². The summed E-state index contributed by atoms with van der Waals surface area (Å²) in [6.45, 7) is 19.9. The molecule has 4 aromatic carbocycles. The topological polar surface area (TPSA) is 68.6 Å². The van der Waals surface area contributed by atoms with Gasteiger partial charge in [0.2, 0.25) is 5.88 Å². The molecule has 0 aliphatic heterocycles. The molecule has 0 bridgehead atoms. The average Bonchev–Trinajstić information content (AvgIpc) is 3.70. The highest BCUT2D eigenvalue weighted by molar-refractivity contribution is 6.09. The van der Waals surface area contributed by atoms with Gasteiger partial charge in [0.1, 0.15) is 17.3 Å². The first-order chi connectivity index (χ1) is 25.8. The number of nitrogens with one attached hydrogen (secondary N) is 1. The Morgan fingerprint density at radius 2 is 1.31 bits per heavy atom. The van der Waals surface area contributed by atoms with Crippen LogP contribution >= 0.6 is 0 Å². The maximum absolute atomic E-state index is 6.77. The molecule has 6 nitrogen and oxygen atoms in total. The molecule has 0 amide bonds. The van der Waals surface area contributed by atoms with Crippen LogP contribution in [0.5, 0.6) is 11.6 Å². The lowest BCUT2D eigenvalue weighted by Crippen LogP contribution is -2.12. The van der Waals surface area contributed by atoms with E-state index >= 15 is 0 Å². The summed E-state index contributed by atoms with van der Waals surface area (Å²) in [5, 5.41) is 10.7. The molecular formula is C48H47N5O. The standard InChI is InChI=1S/C48H47N5O/c1-29-23-30(2)43(31(3)24-29)44-45(32-15-11-10-12-16-32)51-52-46(44)38-25-34(48(7,8)9)27-42(50-38)54-35-19-20-37-36-17-13-14-18-39(36)53(40(37)28-35)41-26-33(21-22-49-41)47(4,5)6/h10-28H,1-9H3,(H,51,52). The van der Waals surface area contributed by atoms with E-state index in [1.165, 1.54) is 27.6 Å². The number of nitrogens with zero attached hydrogens (tertiary/aromatic N) is 4. The molecule has 0 aliphatic rings. The van der Waals surface area contributed by atoms with Crippen molar-refractivity contribution in [1.29, 1.82) is 0 Å². The molecule has 8 rings (SSSR count). The van der Waals surface area contributed by atoms with Crippen LogP contribution < -0.4 is 4.74 Å². The molecule has 0 spiro atoms. The number of para-hydroxylation sites is 1. The van der Waals surface area contributed by atoms with Gasteiger partial charge >= 0.3 is 0 Å². The lowest BCUT2D eigenvalue weighted by molar-refractivity contribution is 0.460. The summed E-state index contributed by atoms with van der Waals surface area (Å²) in [6.07, 6.45) is 1.91. The highest BCUT2D eigenvalue weighted by Crippen LogP contribution is 2.43. The SMILES string of the molecule is Cc1cc(C)c(-c2c(-c3ccccc3)n[nH]c2-c2cc(C(C)(C)C)cc(Oc3ccc4c5ccccc5n(-c5cc(C(C)(C)C)ccn5)c4c3)n2)c(C)c1. The summed E-state index contributed by atoms with van der Waals surface area (Å²) < 4.78 is 9.01. The molecule has 4 heterocycles. The molecule has 8 aromatic rings. The van der Waals surface area contributed by atoms with Gasteiger partial charge in [-0.2, -0.15) is 5.10 Å². The van der Waals surface area contributed by atoms with Crippen LogP contribution in [0.15, 0.2) is 115 Å². The van der Waals surface area contributed by atoms with E-state index in [0.29, 0.717) is 11.6 Å². The maximum Gasteiger partial charge on any atom is 0.220 e. The number of hydrogen-bond acceptors (Lipinski definition) is 4. The molecule has 0 aliphatic carbocycles. The molecule has 1 N–H and O–H groups in total. The number of hydrogen-bond donors (Lipinski definition) is 1. The molecule has 4 aromatic heterocycles. The van der Waals surface area contributed by atoms with E-state index in [1.807, 2.05) is 18.3 Å². The van der Waals surface area contributed by atoms with Crippen molar-refractivity contribution in [3.05, 3.63) is 143 Å². The van der Waals surface area contributed by atoms with Crippen LogP contribution in [0.2, 0.25) is 0 Å². The number of aromatic amines is 1. The third kappa shape index (κ3) is 6.36. The smallest absolute Gasteiger partial charge is 0.220 e. The molecule has 270 valence electrons. The van der Waals surface area contributed by atoms with Crippen molar-refractivity contribution in [3.8, 4) is 51.2 Å². The molecular weight excluding hydrogens is 663 g/mol. The van der Waals surface area contributed by atoms with Gasteiger partial charge in [-0.15, -0.1) is 0 Å². The number of aromatic nitrogens is 5. The first-order valence-corrected chi connectivity index (χ1v) is 18.7. The van der Waals surface area contributed by atoms with E-state index < -0.39 is 0 Å². The molecule has 0 radical (unpaired) electrons. The number of rotatable bonds is 6. The van der Waals surface area contributed by atoms with Crippen molar-refractivity contribution in [2.75, 3.05) is 0 Å². The zero-order valence-electron chi connectivity index (χ0n) is 32.7. The molecule has 0 fully saturated rings. The third-order valence-corrected chi connectivity index (χ3v) is 10.4. The van der Waals surface area contributed by atoms with Gasteiger partial charge in [0.15, 0.2) is 0 Å². The van der Waals surface area contributed by atoms with Crippen LogP contribution in [-0.2, 0) is 10.8 Å². The normalized spacial score (nSPS) is 12.2. The van der Waals surface area contributed by atoms with Crippen molar-refractivity contribution < 1.29 is 4.74 Å². The summed E-state index contributed by atoms with van der Waals surface area (Å²) in [5.74, 6) is 2.10. The second kappa shape index (κ2) is 13.1. The summed E-state index contributed by atoms with van der Waals surface area (Å²) in [4.78, 5) is 10.1. The number of ether oxygens (including phenoxy) is 1. The Morgan fingerprint density at radius 1 is 0.630 bits per heavy atom. The van der Waals surface area contributed by atoms with Crippen molar-refractivity contribution in [2.24, 2.45) is 0 Å². The van der Waals surface area contributed by atoms with E-state index in [-0.39, 0.29) is 10.8 Å². The lowest BCUT2D eigenvalue weighted by Gasteiger charge is -2.21. The summed E-state index contributed by atoms with van der Waals surface area (Å²) in [6, 6.07) is 38.2. The maximum atomic E-state index is 6.77. The minimum atomic E-state index is -0.173. The fraction of sp³-hybridized carbons (Fsp3) is 0.229. The summed E-state index contributed by atoms with van der Waals surface area (Å²) in [5.41, 5.74) is 13.7. The van der Waals surface area contributed by atoms with Gasteiger partial charge in [-0.05, 0) is 95.8 Å². The molecule has 0 saturated heterocycles.